The summed E-state index contributed by atoms with van der Waals surface area (Å²) in [7, 11) is 1.30. The molecule has 0 aliphatic heterocycles. The van der Waals surface area contributed by atoms with Crippen LogP contribution in [0.4, 0.5) is 0 Å². The second-order valence-corrected chi connectivity index (χ2v) is 4.61. The SMILES string of the molecule is COC(=O)c1[nH]c(=O)c2ccccc2c1-c1ccccc1. The molecule has 3 aromatic rings. The van der Waals surface area contributed by atoms with Gasteiger partial charge in [0.2, 0.25) is 0 Å². The van der Waals surface area contributed by atoms with Crippen molar-refractivity contribution in [1.82, 2.24) is 4.98 Å². The zero-order chi connectivity index (χ0) is 14.8. The Kier molecular flexibility index (Phi) is 3.28. The normalized spacial score (nSPS) is 10.5. The van der Waals surface area contributed by atoms with Crippen LogP contribution in [0.3, 0.4) is 0 Å². The Morgan fingerprint density at radius 2 is 1.57 bits per heavy atom. The maximum atomic E-state index is 12.1. The van der Waals surface area contributed by atoms with Crippen molar-refractivity contribution in [2.45, 2.75) is 0 Å². The van der Waals surface area contributed by atoms with Gasteiger partial charge in [0.25, 0.3) is 5.56 Å². The number of rotatable bonds is 2. The van der Waals surface area contributed by atoms with Crippen LogP contribution in [0.2, 0.25) is 0 Å². The van der Waals surface area contributed by atoms with E-state index < -0.39 is 5.97 Å². The van der Waals surface area contributed by atoms with E-state index in [4.69, 9.17) is 4.74 Å². The largest absolute Gasteiger partial charge is 0.464 e. The van der Waals surface area contributed by atoms with Gasteiger partial charge in [0, 0.05) is 10.9 Å². The fourth-order valence-corrected chi connectivity index (χ4v) is 2.44. The third kappa shape index (κ3) is 2.21. The van der Waals surface area contributed by atoms with Gasteiger partial charge in [-0.2, -0.15) is 0 Å². The quantitative estimate of drug-likeness (QED) is 0.734. The molecule has 1 heterocycles. The van der Waals surface area contributed by atoms with Crippen molar-refractivity contribution in [1.29, 1.82) is 0 Å². The first-order valence-electron chi connectivity index (χ1n) is 6.51. The van der Waals surface area contributed by atoms with E-state index in [0.29, 0.717) is 10.9 Å². The molecule has 1 N–H and O–H groups in total. The van der Waals surface area contributed by atoms with Gasteiger partial charge in [-0.3, -0.25) is 4.79 Å². The van der Waals surface area contributed by atoms with Gasteiger partial charge in [-0.1, -0.05) is 48.5 Å². The van der Waals surface area contributed by atoms with E-state index in [1.807, 2.05) is 42.5 Å². The summed E-state index contributed by atoms with van der Waals surface area (Å²) in [6.45, 7) is 0. The third-order valence-electron chi connectivity index (χ3n) is 3.38. The monoisotopic (exact) mass is 279 g/mol. The third-order valence-corrected chi connectivity index (χ3v) is 3.38. The van der Waals surface area contributed by atoms with Gasteiger partial charge in [0.05, 0.1) is 7.11 Å². The summed E-state index contributed by atoms with van der Waals surface area (Å²) >= 11 is 0. The van der Waals surface area contributed by atoms with Gasteiger partial charge in [-0.25, -0.2) is 4.79 Å². The number of benzene rings is 2. The van der Waals surface area contributed by atoms with Gasteiger partial charge >= 0.3 is 5.97 Å². The average molecular weight is 279 g/mol. The number of nitrogens with one attached hydrogen (secondary N) is 1. The van der Waals surface area contributed by atoms with Crippen LogP contribution in [-0.2, 0) is 4.74 Å². The fourth-order valence-electron chi connectivity index (χ4n) is 2.44. The van der Waals surface area contributed by atoms with Gasteiger partial charge in [-0.05, 0) is 17.0 Å². The van der Waals surface area contributed by atoms with Crippen LogP contribution in [0.5, 0.6) is 0 Å². The van der Waals surface area contributed by atoms with E-state index in [0.717, 1.165) is 10.9 Å². The molecule has 4 nitrogen and oxygen atoms in total. The van der Waals surface area contributed by atoms with Crippen LogP contribution in [0.1, 0.15) is 10.5 Å². The van der Waals surface area contributed by atoms with Crippen LogP contribution in [0, 0.1) is 0 Å². The molecule has 3 rings (SSSR count). The van der Waals surface area contributed by atoms with E-state index >= 15 is 0 Å². The van der Waals surface area contributed by atoms with Crippen molar-refractivity contribution in [2.75, 3.05) is 7.11 Å². The van der Waals surface area contributed by atoms with E-state index in [2.05, 4.69) is 4.98 Å². The standard InChI is InChI=1S/C17H13NO3/c1-21-17(20)15-14(11-7-3-2-4-8-11)12-9-5-6-10-13(12)16(19)18-15/h2-10H,1H3,(H,18,19). The minimum absolute atomic E-state index is 0.174. The average Bonchev–Trinajstić information content (AvgIpc) is 2.55. The zero-order valence-electron chi connectivity index (χ0n) is 11.4. The van der Waals surface area contributed by atoms with Crippen LogP contribution >= 0.6 is 0 Å². The van der Waals surface area contributed by atoms with E-state index in [-0.39, 0.29) is 11.3 Å². The molecule has 0 unspecified atom stereocenters. The molecule has 1 aromatic heterocycles. The van der Waals surface area contributed by atoms with Crippen LogP contribution < -0.4 is 5.56 Å². The second kappa shape index (κ2) is 5.25. The number of esters is 1. The van der Waals surface area contributed by atoms with Gasteiger partial charge in [0.1, 0.15) is 5.69 Å². The number of H-pyrrole nitrogens is 1. The number of carbonyl (C=O) groups excluding carboxylic acids is 1. The topological polar surface area (TPSA) is 59.2 Å². The molecule has 0 fully saturated rings. The number of ether oxygens (including phenoxy) is 1. The predicted octanol–water partition coefficient (Wildman–Crippen LogP) is 2.98. The lowest BCUT2D eigenvalue weighted by Gasteiger charge is -2.11. The molecule has 21 heavy (non-hydrogen) atoms. The molecule has 4 heteroatoms. The summed E-state index contributed by atoms with van der Waals surface area (Å²) in [4.78, 5) is 26.8. The first kappa shape index (κ1) is 13.1. The highest BCUT2D eigenvalue weighted by atomic mass is 16.5. The fraction of sp³-hybridized carbons (Fsp3) is 0.0588. The molecule has 2 aromatic carbocycles. The summed E-state index contributed by atoms with van der Waals surface area (Å²) in [6.07, 6.45) is 0. The molecule has 0 bridgehead atoms. The number of pyridine rings is 1. The first-order chi connectivity index (χ1) is 10.2. The lowest BCUT2D eigenvalue weighted by atomic mass is 9.97. The molecule has 0 aliphatic rings. The predicted molar refractivity (Wildman–Crippen MR) is 81.3 cm³/mol. The van der Waals surface area contributed by atoms with Crippen molar-refractivity contribution in [3.63, 3.8) is 0 Å². The Balaban J connectivity index is 2.46. The Hall–Kier alpha value is -2.88. The number of hydrogen-bond acceptors (Lipinski definition) is 3. The number of aromatic nitrogens is 1. The number of hydrogen-bond donors (Lipinski definition) is 1. The zero-order valence-corrected chi connectivity index (χ0v) is 11.4. The van der Waals surface area contributed by atoms with Gasteiger partial charge < -0.3 is 9.72 Å². The van der Waals surface area contributed by atoms with Crippen molar-refractivity contribution >= 4 is 16.7 Å². The minimum atomic E-state index is -0.559. The van der Waals surface area contributed by atoms with Crippen molar-refractivity contribution in [3.8, 4) is 11.1 Å². The maximum Gasteiger partial charge on any atom is 0.355 e. The maximum absolute atomic E-state index is 12.1. The molecular formula is C17H13NO3. The van der Waals surface area contributed by atoms with E-state index in [1.54, 1.807) is 12.1 Å². The number of methoxy groups -OCH3 is 1. The van der Waals surface area contributed by atoms with Crippen molar-refractivity contribution in [3.05, 3.63) is 70.6 Å². The summed E-state index contributed by atoms with van der Waals surface area (Å²) < 4.78 is 4.79. The number of aromatic amines is 1. The highest BCUT2D eigenvalue weighted by molar-refractivity contribution is 6.06. The molecule has 0 amide bonds. The Bertz CT molecular complexity index is 866. The molecule has 0 aliphatic carbocycles. The van der Waals surface area contributed by atoms with Crippen LogP contribution in [0.25, 0.3) is 21.9 Å². The molecular weight excluding hydrogens is 266 g/mol. The summed E-state index contributed by atoms with van der Waals surface area (Å²) in [5, 5.41) is 1.27. The number of carbonyl (C=O) groups is 1. The molecule has 0 spiro atoms. The molecule has 0 saturated carbocycles. The van der Waals surface area contributed by atoms with Gasteiger partial charge in [-0.15, -0.1) is 0 Å². The summed E-state index contributed by atoms with van der Waals surface area (Å²) in [5.74, 6) is -0.559. The Labute approximate surface area is 121 Å². The van der Waals surface area contributed by atoms with Crippen LogP contribution in [0.15, 0.2) is 59.4 Å². The molecule has 0 radical (unpaired) electrons. The lowest BCUT2D eigenvalue weighted by Crippen LogP contribution is -2.16. The Morgan fingerprint density at radius 3 is 2.24 bits per heavy atom. The molecule has 104 valence electrons. The summed E-state index contributed by atoms with van der Waals surface area (Å²) in [5.41, 5.74) is 1.40. The Morgan fingerprint density at radius 1 is 0.952 bits per heavy atom. The van der Waals surface area contributed by atoms with E-state index in [9.17, 15) is 9.59 Å². The molecule has 0 atom stereocenters. The lowest BCUT2D eigenvalue weighted by molar-refractivity contribution is 0.0595. The van der Waals surface area contributed by atoms with Crippen LogP contribution in [-0.4, -0.2) is 18.1 Å². The summed E-state index contributed by atoms with van der Waals surface area (Å²) in [6, 6.07) is 16.7. The van der Waals surface area contributed by atoms with Crippen molar-refractivity contribution in [2.24, 2.45) is 0 Å². The molecule has 0 saturated heterocycles. The smallest absolute Gasteiger partial charge is 0.355 e. The highest BCUT2D eigenvalue weighted by Gasteiger charge is 2.18. The van der Waals surface area contributed by atoms with Crippen molar-refractivity contribution < 1.29 is 9.53 Å². The van der Waals surface area contributed by atoms with E-state index in [1.165, 1.54) is 7.11 Å². The minimum Gasteiger partial charge on any atom is -0.464 e. The highest BCUT2D eigenvalue weighted by Crippen LogP contribution is 2.29. The van der Waals surface area contributed by atoms with Gasteiger partial charge in [0.15, 0.2) is 0 Å². The second-order valence-electron chi connectivity index (χ2n) is 4.61. The first-order valence-corrected chi connectivity index (χ1v) is 6.51. The number of fused-ring (bicyclic) bond motifs is 1.